The fourth-order valence-electron chi connectivity index (χ4n) is 2.68. The van der Waals surface area contributed by atoms with E-state index >= 15 is 0 Å². The van der Waals surface area contributed by atoms with Gasteiger partial charge < -0.3 is 15.5 Å². The Bertz CT molecular complexity index is 757. The van der Waals surface area contributed by atoms with Gasteiger partial charge in [-0.2, -0.15) is 0 Å². The number of benzene rings is 2. The summed E-state index contributed by atoms with van der Waals surface area (Å²) in [7, 11) is 3.92. The maximum atomic E-state index is 12.3. The second-order valence-corrected chi connectivity index (χ2v) is 6.77. The van der Waals surface area contributed by atoms with E-state index in [0.717, 1.165) is 16.7 Å². The standard InChI is InChI=1S/C21H27N3O2/c1-15-10-11-18(12-16(15)2)21(26)22-13-20(25)23-19(14-24(3)4)17-8-6-5-7-9-17/h5-12,19H,13-14H2,1-4H3,(H,22,26)(H,23,25)/t19-/m1/s1. The van der Waals surface area contributed by atoms with E-state index in [2.05, 4.69) is 10.6 Å². The molecule has 2 rings (SSSR count). The Kier molecular flexibility index (Phi) is 6.92. The zero-order chi connectivity index (χ0) is 19.1. The first-order chi connectivity index (χ1) is 12.4. The van der Waals surface area contributed by atoms with Gasteiger partial charge in [-0.3, -0.25) is 9.59 Å². The van der Waals surface area contributed by atoms with E-state index in [1.807, 2.05) is 75.3 Å². The average Bonchev–Trinajstić information content (AvgIpc) is 2.62. The van der Waals surface area contributed by atoms with Crippen LogP contribution in [0.3, 0.4) is 0 Å². The van der Waals surface area contributed by atoms with E-state index in [9.17, 15) is 9.59 Å². The predicted molar refractivity (Wildman–Crippen MR) is 104 cm³/mol. The number of nitrogens with one attached hydrogen (secondary N) is 2. The Morgan fingerprint density at radius 2 is 1.69 bits per heavy atom. The van der Waals surface area contributed by atoms with E-state index < -0.39 is 0 Å². The summed E-state index contributed by atoms with van der Waals surface area (Å²) in [6, 6.07) is 15.2. The van der Waals surface area contributed by atoms with Gasteiger partial charge in [0.2, 0.25) is 5.91 Å². The molecule has 0 aliphatic heterocycles. The van der Waals surface area contributed by atoms with Crippen molar-refractivity contribution in [3.8, 4) is 0 Å². The maximum Gasteiger partial charge on any atom is 0.251 e. The van der Waals surface area contributed by atoms with Crippen LogP contribution < -0.4 is 10.6 Å². The lowest BCUT2D eigenvalue weighted by molar-refractivity contribution is -0.121. The summed E-state index contributed by atoms with van der Waals surface area (Å²) in [6.45, 7) is 4.59. The number of carbonyl (C=O) groups excluding carboxylic acids is 2. The van der Waals surface area contributed by atoms with Crippen molar-refractivity contribution in [1.29, 1.82) is 0 Å². The van der Waals surface area contributed by atoms with E-state index in [0.29, 0.717) is 12.1 Å². The summed E-state index contributed by atoms with van der Waals surface area (Å²) >= 11 is 0. The Balaban J connectivity index is 1.95. The first-order valence-electron chi connectivity index (χ1n) is 8.71. The first-order valence-corrected chi connectivity index (χ1v) is 8.71. The fourth-order valence-corrected chi connectivity index (χ4v) is 2.68. The van der Waals surface area contributed by atoms with E-state index in [-0.39, 0.29) is 24.4 Å². The molecule has 0 fully saturated rings. The van der Waals surface area contributed by atoms with Crippen LogP contribution in [-0.4, -0.2) is 43.9 Å². The van der Waals surface area contributed by atoms with Gasteiger partial charge in [0.25, 0.3) is 5.91 Å². The summed E-state index contributed by atoms with van der Waals surface area (Å²) in [5.74, 6) is -0.454. The van der Waals surface area contributed by atoms with Gasteiger partial charge in [-0.15, -0.1) is 0 Å². The van der Waals surface area contributed by atoms with Crippen molar-refractivity contribution in [2.24, 2.45) is 0 Å². The molecule has 2 aromatic rings. The molecule has 5 nitrogen and oxygen atoms in total. The summed E-state index contributed by atoms with van der Waals surface area (Å²) in [6.07, 6.45) is 0. The number of amides is 2. The number of likely N-dealkylation sites (N-methyl/N-ethyl adjacent to an activating group) is 1. The minimum absolute atomic E-state index is 0.0531. The predicted octanol–water partition coefficient (Wildman–Crippen LogP) is 2.45. The van der Waals surface area contributed by atoms with Crippen molar-refractivity contribution in [1.82, 2.24) is 15.5 Å². The third-order valence-corrected chi connectivity index (χ3v) is 4.26. The van der Waals surface area contributed by atoms with Crippen LogP contribution in [0.1, 0.15) is 33.1 Å². The van der Waals surface area contributed by atoms with Gasteiger partial charge in [-0.1, -0.05) is 36.4 Å². The highest BCUT2D eigenvalue weighted by Crippen LogP contribution is 2.13. The zero-order valence-corrected chi connectivity index (χ0v) is 15.9. The molecule has 5 heteroatoms. The molecule has 0 bridgehead atoms. The van der Waals surface area contributed by atoms with E-state index in [1.54, 1.807) is 6.07 Å². The summed E-state index contributed by atoms with van der Waals surface area (Å²) < 4.78 is 0. The molecule has 2 N–H and O–H groups in total. The molecule has 138 valence electrons. The van der Waals surface area contributed by atoms with Crippen LogP contribution in [0.5, 0.6) is 0 Å². The van der Waals surface area contributed by atoms with Crippen LogP contribution in [0.4, 0.5) is 0 Å². The molecular formula is C21H27N3O2. The van der Waals surface area contributed by atoms with Crippen molar-refractivity contribution >= 4 is 11.8 Å². The number of hydrogen-bond donors (Lipinski definition) is 2. The minimum atomic E-state index is -0.243. The summed E-state index contributed by atoms with van der Waals surface area (Å²) in [5.41, 5.74) is 3.79. The molecule has 26 heavy (non-hydrogen) atoms. The monoisotopic (exact) mass is 353 g/mol. The topological polar surface area (TPSA) is 61.4 Å². The highest BCUT2D eigenvalue weighted by Gasteiger charge is 2.16. The lowest BCUT2D eigenvalue weighted by atomic mass is 10.1. The number of hydrogen-bond acceptors (Lipinski definition) is 3. The molecule has 0 unspecified atom stereocenters. The van der Waals surface area contributed by atoms with Crippen LogP contribution >= 0.6 is 0 Å². The SMILES string of the molecule is Cc1ccc(C(=O)NCC(=O)N[C@H](CN(C)C)c2ccccc2)cc1C. The number of nitrogens with zero attached hydrogens (tertiary/aromatic N) is 1. The molecule has 0 aliphatic rings. The quantitative estimate of drug-likeness (QED) is 0.804. The molecule has 0 aliphatic carbocycles. The van der Waals surface area contributed by atoms with Gasteiger partial charge in [0.1, 0.15) is 0 Å². The van der Waals surface area contributed by atoms with Crippen LogP contribution in [-0.2, 0) is 4.79 Å². The average molecular weight is 353 g/mol. The third kappa shape index (κ3) is 5.70. The van der Waals surface area contributed by atoms with Crippen LogP contribution in [0.15, 0.2) is 48.5 Å². The van der Waals surface area contributed by atoms with Gasteiger partial charge in [-0.05, 0) is 56.8 Å². The summed E-state index contributed by atoms with van der Waals surface area (Å²) in [4.78, 5) is 26.6. The molecule has 2 amide bonds. The largest absolute Gasteiger partial charge is 0.346 e. The van der Waals surface area contributed by atoms with Gasteiger partial charge in [0.05, 0.1) is 12.6 Å². The highest BCUT2D eigenvalue weighted by atomic mass is 16.2. The Labute approximate surface area is 155 Å². The molecular weight excluding hydrogens is 326 g/mol. The van der Waals surface area contributed by atoms with Crippen molar-refractivity contribution in [2.45, 2.75) is 19.9 Å². The lowest BCUT2D eigenvalue weighted by Crippen LogP contribution is -2.41. The van der Waals surface area contributed by atoms with E-state index in [4.69, 9.17) is 0 Å². The van der Waals surface area contributed by atoms with Crippen LogP contribution in [0, 0.1) is 13.8 Å². The molecule has 0 spiro atoms. The van der Waals surface area contributed by atoms with Gasteiger partial charge in [-0.25, -0.2) is 0 Å². The molecule has 0 aromatic heterocycles. The van der Waals surface area contributed by atoms with Crippen molar-refractivity contribution in [2.75, 3.05) is 27.2 Å². The summed E-state index contributed by atoms with van der Waals surface area (Å²) in [5, 5.41) is 5.69. The van der Waals surface area contributed by atoms with Crippen LogP contribution in [0.25, 0.3) is 0 Å². The zero-order valence-electron chi connectivity index (χ0n) is 15.9. The van der Waals surface area contributed by atoms with Gasteiger partial charge in [0, 0.05) is 12.1 Å². The first kappa shape index (κ1) is 19.7. The molecule has 0 heterocycles. The van der Waals surface area contributed by atoms with Crippen molar-refractivity contribution in [3.05, 3.63) is 70.8 Å². The smallest absolute Gasteiger partial charge is 0.251 e. The maximum absolute atomic E-state index is 12.3. The van der Waals surface area contributed by atoms with Crippen molar-refractivity contribution < 1.29 is 9.59 Å². The Morgan fingerprint density at radius 3 is 2.31 bits per heavy atom. The number of carbonyl (C=O) groups is 2. The molecule has 0 saturated carbocycles. The lowest BCUT2D eigenvalue weighted by Gasteiger charge is -2.23. The normalized spacial score (nSPS) is 11.9. The Hall–Kier alpha value is -2.66. The second kappa shape index (κ2) is 9.15. The second-order valence-electron chi connectivity index (χ2n) is 6.77. The van der Waals surface area contributed by atoms with Gasteiger partial charge in [0.15, 0.2) is 0 Å². The number of aryl methyl sites for hydroxylation is 2. The third-order valence-electron chi connectivity index (χ3n) is 4.26. The molecule has 2 aromatic carbocycles. The molecule has 0 saturated heterocycles. The molecule has 1 atom stereocenters. The van der Waals surface area contributed by atoms with E-state index in [1.165, 1.54) is 0 Å². The number of rotatable bonds is 7. The van der Waals surface area contributed by atoms with Crippen molar-refractivity contribution in [3.63, 3.8) is 0 Å². The Morgan fingerprint density at radius 1 is 1.00 bits per heavy atom. The minimum Gasteiger partial charge on any atom is -0.346 e. The molecule has 0 radical (unpaired) electrons. The highest BCUT2D eigenvalue weighted by molar-refractivity contribution is 5.96. The van der Waals surface area contributed by atoms with Gasteiger partial charge >= 0.3 is 0 Å². The fraction of sp³-hybridized carbons (Fsp3) is 0.333. The van der Waals surface area contributed by atoms with Crippen LogP contribution in [0.2, 0.25) is 0 Å².